The van der Waals surface area contributed by atoms with Crippen molar-refractivity contribution >= 4 is 0 Å². The second-order valence-electron chi connectivity index (χ2n) is 6.27. The van der Waals surface area contributed by atoms with Crippen molar-refractivity contribution in [2.45, 2.75) is 41.2 Å². The van der Waals surface area contributed by atoms with Crippen molar-refractivity contribution in [1.82, 2.24) is 15.1 Å². The molecular weight excluding hydrogens is 274 g/mol. The normalized spacial score (nSPS) is 11.2. The van der Waals surface area contributed by atoms with Gasteiger partial charge in [0.2, 0.25) is 5.43 Å². The molecule has 0 saturated carbocycles. The predicted molar refractivity (Wildman–Crippen MR) is 90.6 cm³/mol. The number of rotatable bonds is 5. The van der Waals surface area contributed by atoms with Crippen LogP contribution in [0.2, 0.25) is 0 Å². The van der Waals surface area contributed by atoms with Gasteiger partial charge in [-0.15, -0.1) is 0 Å². The Hall–Kier alpha value is -1.94. The van der Waals surface area contributed by atoms with Crippen molar-refractivity contribution in [2.75, 3.05) is 6.54 Å². The van der Waals surface area contributed by atoms with E-state index in [0.29, 0.717) is 18.2 Å². The summed E-state index contributed by atoms with van der Waals surface area (Å²) < 4.78 is 1.89. The maximum Gasteiger partial charge on any atom is 0.204 e. The molecule has 0 atom stereocenters. The summed E-state index contributed by atoms with van der Waals surface area (Å²) in [7, 11) is 0. The average Bonchev–Trinajstić information content (AvgIpc) is 2.42. The molecule has 1 aromatic carbocycles. The molecule has 0 unspecified atom stereocenters. The number of aryl methyl sites for hydroxylation is 3. The van der Waals surface area contributed by atoms with E-state index in [-0.39, 0.29) is 5.43 Å². The van der Waals surface area contributed by atoms with Crippen LogP contribution in [0.5, 0.6) is 0 Å². The van der Waals surface area contributed by atoms with E-state index in [1.54, 1.807) is 6.07 Å². The Bertz CT molecular complexity index is 697. The van der Waals surface area contributed by atoms with Crippen molar-refractivity contribution in [3.63, 3.8) is 0 Å². The number of aromatic nitrogens is 2. The second-order valence-corrected chi connectivity index (χ2v) is 6.27. The van der Waals surface area contributed by atoms with Gasteiger partial charge in [0, 0.05) is 18.3 Å². The van der Waals surface area contributed by atoms with E-state index >= 15 is 0 Å². The lowest BCUT2D eigenvalue weighted by Crippen LogP contribution is -2.27. The first-order valence-corrected chi connectivity index (χ1v) is 7.77. The van der Waals surface area contributed by atoms with E-state index in [9.17, 15) is 4.79 Å². The second kappa shape index (κ2) is 6.88. The molecule has 1 aromatic heterocycles. The van der Waals surface area contributed by atoms with Crippen LogP contribution < -0.4 is 10.7 Å². The molecular formula is C18H25N3O. The number of nitrogens with zero attached hydrogens (tertiary/aromatic N) is 2. The fraction of sp³-hybridized carbons (Fsp3) is 0.444. The Morgan fingerprint density at radius 2 is 1.82 bits per heavy atom. The highest BCUT2D eigenvalue weighted by Gasteiger charge is 2.11. The van der Waals surface area contributed by atoms with Crippen LogP contribution in [0.3, 0.4) is 0 Å². The molecule has 2 rings (SSSR count). The fourth-order valence-corrected chi connectivity index (χ4v) is 2.55. The van der Waals surface area contributed by atoms with Crippen molar-refractivity contribution in [3.05, 3.63) is 57.0 Å². The van der Waals surface area contributed by atoms with Gasteiger partial charge in [-0.3, -0.25) is 4.79 Å². The van der Waals surface area contributed by atoms with Gasteiger partial charge in [-0.05, 0) is 44.4 Å². The molecule has 0 amide bonds. The Morgan fingerprint density at radius 1 is 1.18 bits per heavy atom. The van der Waals surface area contributed by atoms with Crippen molar-refractivity contribution in [1.29, 1.82) is 0 Å². The topological polar surface area (TPSA) is 46.9 Å². The van der Waals surface area contributed by atoms with Crippen LogP contribution in [0.1, 0.15) is 36.4 Å². The third-order valence-corrected chi connectivity index (χ3v) is 3.68. The van der Waals surface area contributed by atoms with Crippen LogP contribution in [-0.2, 0) is 6.54 Å². The quantitative estimate of drug-likeness (QED) is 0.923. The molecule has 0 aliphatic carbocycles. The molecule has 4 heteroatoms. The van der Waals surface area contributed by atoms with Gasteiger partial charge in [-0.1, -0.05) is 32.0 Å². The summed E-state index contributed by atoms with van der Waals surface area (Å²) in [5.74, 6) is 0.547. The molecule has 4 nitrogen and oxygen atoms in total. The third-order valence-electron chi connectivity index (χ3n) is 3.68. The largest absolute Gasteiger partial charge is 0.311 e. The summed E-state index contributed by atoms with van der Waals surface area (Å²) >= 11 is 0. The van der Waals surface area contributed by atoms with Crippen LogP contribution in [0, 0.1) is 26.7 Å². The molecule has 2 aromatic rings. The van der Waals surface area contributed by atoms with Crippen molar-refractivity contribution < 1.29 is 0 Å². The SMILES string of the molecule is Cc1cccc(C)c1-n1nc(CNCC(C)C)c(=O)cc1C. The Balaban J connectivity index is 2.42. The lowest BCUT2D eigenvalue weighted by Gasteiger charge is -2.16. The minimum atomic E-state index is -0.00348. The summed E-state index contributed by atoms with van der Waals surface area (Å²) in [6, 6.07) is 7.85. The summed E-state index contributed by atoms with van der Waals surface area (Å²) in [4.78, 5) is 12.2. The van der Waals surface area contributed by atoms with E-state index in [1.165, 1.54) is 0 Å². The molecule has 0 saturated heterocycles. The molecule has 0 spiro atoms. The first kappa shape index (κ1) is 16.4. The number of hydrogen-bond donors (Lipinski definition) is 1. The van der Waals surface area contributed by atoms with E-state index in [0.717, 1.165) is 29.1 Å². The zero-order chi connectivity index (χ0) is 16.3. The van der Waals surface area contributed by atoms with Gasteiger partial charge >= 0.3 is 0 Å². The Morgan fingerprint density at radius 3 is 2.41 bits per heavy atom. The highest BCUT2D eigenvalue weighted by atomic mass is 16.1. The minimum absolute atomic E-state index is 0.00348. The van der Waals surface area contributed by atoms with Crippen molar-refractivity contribution in [3.8, 4) is 5.69 Å². The first-order chi connectivity index (χ1) is 10.4. The lowest BCUT2D eigenvalue weighted by molar-refractivity contribution is 0.541. The van der Waals surface area contributed by atoms with Gasteiger partial charge in [0.1, 0.15) is 5.69 Å². The summed E-state index contributed by atoms with van der Waals surface area (Å²) in [6.07, 6.45) is 0. The summed E-state index contributed by atoms with van der Waals surface area (Å²) in [6.45, 7) is 11.7. The summed E-state index contributed by atoms with van der Waals surface area (Å²) in [5, 5.41) is 7.90. The van der Waals surface area contributed by atoms with Gasteiger partial charge in [-0.2, -0.15) is 5.10 Å². The first-order valence-electron chi connectivity index (χ1n) is 7.77. The molecule has 1 heterocycles. The minimum Gasteiger partial charge on any atom is -0.311 e. The maximum atomic E-state index is 12.2. The van der Waals surface area contributed by atoms with Crippen LogP contribution in [-0.4, -0.2) is 16.3 Å². The third kappa shape index (κ3) is 3.63. The fourth-order valence-electron chi connectivity index (χ4n) is 2.55. The van der Waals surface area contributed by atoms with E-state index in [2.05, 4.69) is 50.2 Å². The molecule has 1 N–H and O–H groups in total. The number of para-hydroxylation sites is 1. The van der Waals surface area contributed by atoms with Crippen LogP contribution in [0.4, 0.5) is 0 Å². The van der Waals surface area contributed by atoms with E-state index in [1.807, 2.05) is 17.7 Å². The lowest BCUT2D eigenvalue weighted by atomic mass is 10.1. The van der Waals surface area contributed by atoms with Gasteiger partial charge < -0.3 is 5.32 Å². The van der Waals surface area contributed by atoms with Gasteiger partial charge in [0.15, 0.2) is 0 Å². The number of nitrogens with one attached hydrogen (secondary N) is 1. The summed E-state index contributed by atoms with van der Waals surface area (Å²) in [5.41, 5.74) is 4.78. The van der Waals surface area contributed by atoms with Crippen molar-refractivity contribution in [2.24, 2.45) is 5.92 Å². The molecule has 118 valence electrons. The highest BCUT2D eigenvalue weighted by Crippen LogP contribution is 2.18. The molecule has 0 aliphatic heterocycles. The molecule has 22 heavy (non-hydrogen) atoms. The van der Waals surface area contributed by atoms with Gasteiger partial charge in [0.05, 0.1) is 5.69 Å². The average molecular weight is 299 g/mol. The number of hydrogen-bond acceptors (Lipinski definition) is 3. The predicted octanol–water partition coefficient (Wildman–Crippen LogP) is 2.90. The highest BCUT2D eigenvalue weighted by molar-refractivity contribution is 5.47. The van der Waals surface area contributed by atoms with Crippen LogP contribution in [0.15, 0.2) is 29.1 Å². The van der Waals surface area contributed by atoms with Gasteiger partial charge in [-0.25, -0.2) is 4.68 Å². The Kier molecular flexibility index (Phi) is 5.14. The van der Waals surface area contributed by atoms with E-state index < -0.39 is 0 Å². The van der Waals surface area contributed by atoms with Gasteiger partial charge in [0.25, 0.3) is 0 Å². The zero-order valence-corrected chi connectivity index (χ0v) is 14.1. The monoisotopic (exact) mass is 299 g/mol. The number of benzene rings is 1. The van der Waals surface area contributed by atoms with Crippen LogP contribution in [0.25, 0.3) is 5.69 Å². The molecule has 0 bridgehead atoms. The zero-order valence-electron chi connectivity index (χ0n) is 14.1. The van der Waals surface area contributed by atoms with Crippen LogP contribution >= 0.6 is 0 Å². The molecule has 0 radical (unpaired) electrons. The standard InChI is InChI=1S/C18H25N3O/c1-12(2)10-19-11-16-17(22)9-15(5)21(20-16)18-13(3)7-6-8-14(18)4/h6-9,12,19H,10-11H2,1-5H3. The Labute approximate surface area is 132 Å². The molecule has 0 aliphatic rings. The maximum absolute atomic E-state index is 12.2. The van der Waals surface area contributed by atoms with E-state index in [4.69, 9.17) is 0 Å². The molecule has 0 fully saturated rings. The smallest absolute Gasteiger partial charge is 0.204 e.